The van der Waals surface area contributed by atoms with E-state index < -0.39 is 0 Å². The molecule has 2 N–H and O–H groups in total. The Morgan fingerprint density at radius 1 is 1.04 bits per heavy atom. The van der Waals surface area contributed by atoms with Crippen LogP contribution in [0.1, 0.15) is 85.8 Å². The van der Waals surface area contributed by atoms with Gasteiger partial charge in [0.2, 0.25) is 0 Å². The highest BCUT2D eigenvalue weighted by molar-refractivity contribution is 6.29. The second-order valence-electron chi connectivity index (χ2n) is 7.03. The van der Waals surface area contributed by atoms with Crippen LogP contribution in [0.25, 0.3) is 0 Å². The molecule has 0 heterocycles. The van der Waals surface area contributed by atoms with Crippen molar-refractivity contribution in [1.29, 1.82) is 0 Å². The van der Waals surface area contributed by atoms with Crippen molar-refractivity contribution in [3.8, 4) is 0 Å². The van der Waals surface area contributed by atoms with Crippen LogP contribution in [0.5, 0.6) is 0 Å². The first-order valence-electron chi connectivity index (χ1n) is 9.13. The van der Waals surface area contributed by atoms with Crippen LogP contribution >= 0.6 is 0 Å². The third-order valence-corrected chi connectivity index (χ3v) is 5.54. The molecule has 0 bridgehead atoms. The van der Waals surface area contributed by atoms with E-state index in [0.717, 1.165) is 37.7 Å². The van der Waals surface area contributed by atoms with E-state index in [4.69, 9.17) is 5.73 Å². The molecule has 131 valence electrons. The summed E-state index contributed by atoms with van der Waals surface area (Å²) in [5.74, 6) is -0.471. The average molecular weight is 346 g/mol. The average Bonchev–Trinajstić information content (AvgIpc) is 2.71. The number of carbonyl (C=O) groups is 3. The van der Waals surface area contributed by atoms with Gasteiger partial charge in [-0.25, -0.2) is 0 Å². The Balaban J connectivity index is 1.98. The van der Waals surface area contributed by atoms with Crippen LogP contribution in [0.3, 0.4) is 0 Å². The van der Waals surface area contributed by atoms with Gasteiger partial charge >= 0.3 is 0 Å². The smallest absolute Gasteiger partial charge is 0.195 e. The van der Waals surface area contributed by atoms with E-state index in [-0.39, 0.29) is 29.8 Å². The van der Waals surface area contributed by atoms with Gasteiger partial charge in [0.1, 0.15) is 0 Å². The van der Waals surface area contributed by atoms with Crippen LogP contribution in [0, 0.1) is 6.07 Å². The molecule has 2 aromatic rings. The first-order chi connectivity index (χ1) is 12.6. The van der Waals surface area contributed by atoms with Gasteiger partial charge < -0.3 is 5.73 Å². The molecule has 0 unspecified atom stereocenters. The zero-order valence-electron chi connectivity index (χ0n) is 14.5. The first kappa shape index (κ1) is 16.9. The molecule has 0 atom stereocenters. The lowest BCUT2D eigenvalue weighted by Crippen LogP contribution is -2.27. The fourth-order valence-corrected chi connectivity index (χ4v) is 4.28. The summed E-state index contributed by atoms with van der Waals surface area (Å²) in [7, 11) is 0. The molecule has 0 aliphatic heterocycles. The van der Waals surface area contributed by atoms with Gasteiger partial charge in [-0.05, 0) is 36.5 Å². The lowest BCUT2D eigenvalue weighted by atomic mass is 9.73. The highest BCUT2D eigenvalue weighted by Gasteiger charge is 2.35. The van der Waals surface area contributed by atoms with Gasteiger partial charge in [-0.3, -0.25) is 14.4 Å². The van der Waals surface area contributed by atoms with E-state index >= 15 is 0 Å². The second-order valence-corrected chi connectivity index (χ2v) is 7.03. The van der Waals surface area contributed by atoms with Gasteiger partial charge in [-0.1, -0.05) is 43.5 Å². The minimum atomic E-state index is -0.205. The second kappa shape index (κ2) is 6.61. The highest BCUT2D eigenvalue weighted by Crippen LogP contribution is 2.40. The van der Waals surface area contributed by atoms with Crippen molar-refractivity contribution in [3.05, 3.63) is 69.8 Å². The lowest BCUT2D eigenvalue weighted by Gasteiger charge is -2.29. The number of rotatable bonds is 3. The molecule has 4 rings (SSSR count). The molecule has 1 radical (unpaired) electrons. The maximum atomic E-state index is 13.3. The summed E-state index contributed by atoms with van der Waals surface area (Å²) in [6.45, 7) is -0.120. The van der Waals surface area contributed by atoms with E-state index in [1.807, 2.05) is 0 Å². The van der Waals surface area contributed by atoms with E-state index in [0.29, 0.717) is 27.8 Å². The van der Waals surface area contributed by atoms with Gasteiger partial charge in [0.05, 0.1) is 6.54 Å². The predicted molar refractivity (Wildman–Crippen MR) is 97.8 cm³/mol. The van der Waals surface area contributed by atoms with Crippen molar-refractivity contribution in [2.24, 2.45) is 5.73 Å². The zero-order valence-corrected chi connectivity index (χ0v) is 14.5. The van der Waals surface area contributed by atoms with Gasteiger partial charge in [0.15, 0.2) is 17.3 Å². The van der Waals surface area contributed by atoms with Crippen molar-refractivity contribution >= 4 is 17.3 Å². The monoisotopic (exact) mass is 346 g/mol. The van der Waals surface area contributed by atoms with Crippen molar-refractivity contribution < 1.29 is 14.4 Å². The van der Waals surface area contributed by atoms with Crippen LogP contribution in [-0.2, 0) is 0 Å². The molecule has 1 fully saturated rings. The van der Waals surface area contributed by atoms with E-state index in [1.54, 1.807) is 30.3 Å². The number of nitrogens with two attached hydrogens (primary N) is 1. The Morgan fingerprint density at radius 2 is 1.69 bits per heavy atom. The Labute approximate surface area is 152 Å². The quantitative estimate of drug-likeness (QED) is 0.737. The van der Waals surface area contributed by atoms with Crippen LogP contribution in [0.2, 0.25) is 0 Å². The Bertz CT molecular complexity index is 923. The van der Waals surface area contributed by atoms with Crippen LogP contribution in [0.4, 0.5) is 0 Å². The molecule has 0 spiro atoms. The predicted octanol–water partition coefficient (Wildman–Crippen LogP) is 3.45. The zero-order chi connectivity index (χ0) is 18.3. The Hall–Kier alpha value is -2.59. The SMILES string of the molecule is NCC(=O)c1c[c]c2c(c1C1CCCCC1)C(=O)c1ccccc1C2=O. The maximum absolute atomic E-state index is 13.3. The minimum Gasteiger partial charge on any atom is -0.324 e. The molecular weight excluding hydrogens is 326 g/mol. The summed E-state index contributed by atoms with van der Waals surface area (Å²) in [6, 6.07) is 11.4. The van der Waals surface area contributed by atoms with E-state index in [2.05, 4.69) is 6.07 Å². The van der Waals surface area contributed by atoms with Gasteiger partial charge in [0.25, 0.3) is 0 Å². The summed E-state index contributed by atoms with van der Waals surface area (Å²) in [6.07, 6.45) is 5.13. The molecule has 2 aromatic carbocycles. The topological polar surface area (TPSA) is 77.2 Å². The molecule has 4 nitrogen and oxygen atoms in total. The van der Waals surface area contributed by atoms with Crippen LogP contribution in [0.15, 0.2) is 30.3 Å². The minimum absolute atomic E-state index is 0.111. The summed E-state index contributed by atoms with van der Waals surface area (Å²) in [4.78, 5) is 38.7. The molecule has 0 amide bonds. The van der Waals surface area contributed by atoms with E-state index in [1.165, 1.54) is 0 Å². The fraction of sp³-hybridized carbons (Fsp3) is 0.318. The number of benzene rings is 2. The highest BCUT2D eigenvalue weighted by atomic mass is 16.1. The molecule has 0 saturated heterocycles. The van der Waals surface area contributed by atoms with Crippen molar-refractivity contribution in [3.63, 3.8) is 0 Å². The van der Waals surface area contributed by atoms with Crippen molar-refractivity contribution in [2.75, 3.05) is 6.54 Å². The van der Waals surface area contributed by atoms with Gasteiger partial charge in [0, 0.05) is 27.8 Å². The standard InChI is InChI=1S/C22H20NO3/c23-12-18(24)16-10-11-17-20(19(16)13-6-2-1-3-7-13)22(26)15-9-5-4-8-14(15)21(17)25/h4-5,8-10,13H,1-3,6-7,12,23H2. The summed E-state index contributed by atoms with van der Waals surface area (Å²) < 4.78 is 0. The summed E-state index contributed by atoms with van der Waals surface area (Å²) in [5.41, 5.74) is 8.27. The molecule has 4 heteroatoms. The summed E-state index contributed by atoms with van der Waals surface area (Å²) >= 11 is 0. The van der Waals surface area contributed by atoms with Crippen molar-refractivity contribution in [2.45, 2.75) is 38.0 Å². The van der Waals surface area contributed by atoms with Crippen LogP contribution in [-0.4, -0.2) is 23.9 Å². The number of carbonyl (C=O) groups excluding carboxylic acids is 3. The number of fused-ring (bicyclic) bond motifs is 2. The maximum Gasteiger partial charge on any atom is 0.195 e. The lowest BCUT2D eigenvalue weighted by molar-refractivity contribution is 0.0974. The molecule has 1 saturated carbocycles. The normalized spacial score (nSPS) is 17.0. The van der Waals surface area contributed by atoms with Gasteiger partial charge in [-0.15, -0.1) is 0 Å². The molecule has 2 aliphatic carbocycles. The largest absolute Gasteiger partial charge is 0.324 e. The van der Waals surface area contributed by atoms with Gasteiger partial charge in [-0.2, -0.15) is 0 Å². The first-order valence-corrected chi connectivity index (χ1v) is 9.13. The Morgan fingerprint density at radius 3 is 2.35 bits per heavy atom. The molecular formula is C22H20NO3. The summed E-state index contributed by atoms with van der Waals surface area (Å²) in [5, 5.41) is 0. The van der Waals surface area contributed by atoms with Crippen LogP contribution < -0.4 is 5.73 Å². The number of hydrogen-bond acceptors (Lipinski definition) is 4. The fourth-order valence-electron chi connectivity index (χ4n) is 4.28. The number of Topliss-reactive ketones (excluding diaryl/α,β-unsaturated/α-hetero) is 1. The Kier molecular flexibility index (Phi) is 4.29. The third-order valence-electron chi connectivity index (χ3n) is 5.54. The number of ketones is 3. The third kappa shape index (κ3) is 2.53. The molecule has 2 aliphatic rings. The molecule has 0 aromatic heterocycles. The van der Waals surface area contributed by atoms with E-state index in [9.17, 15) is 14.4 Å². The van der Waals surface area contributed by atoms with Crippen molar-refractivity contribution in [1.82, 2.24) is 0 Å². The molecule has 26 heavy (non-hydrogen) atoms. The number of hydrogen-bond donors (Lipinski definition) is 1.